The normalized spacial score (nSPS) is 10.3. The molecule has 0 aliphatic rings. The molecule has 0 aliphatic carbocycles. The molecular formula is C22H25NO7. The van der Waals surface area contributed by atoms with Gasteiger partial charge in [-0.3, -0.25) is 9.59 Å². The summed E-state index contributed by atoms with van der Waals surface area (Å²) in [6, 6.07) is 11.3. The lowest BCUT2D eigenvalue weighted by atomic mass is 10.1. The quantitative estimate of drug-likeness (QED) is 0.629. The molecule has 0 bridgehead atoms. The zero-order valence-electron chi connectivity index (χ0n) is 17.4. The summed E-state index contributed by atoms with van der Waals surface area (Å²) in [5, 5.41) is 2.60. The van der Waals surface area contributed by atoms with Crippen LogP contribution in [0.4, 0.5) is 5.69 Å². The molecule has 0 saturated carbocycles. The van der Waals surface area contributed by atoms with Crippen LogP contribution in [0.5, 0.6) is 11.5 Å². The number of methoxy groups -OCH3 is 2. The molecule has 2 rings (SSSR count). The fourth-order valence-electron chi connectivity index (χ4n) is 2.52. The van der Waals surface area contributed by atoms with Crippen molar-refractivity contribution in [2.75, 3.05) is 26.1 Å². The number of benzene rings is 2. The van der Waals surface area contributed by atoms with Gasteiger partial charge in [-0.1, -0.05) is 6.07 Å². The fourth-order valence-corrected chi connectivity index (χ4v) is 2.52. The SMILES string of the molecule is COc1ccc(CC(=O)OCC(=O)Nc2ccc(C(=O)OC(C)C)cc2)cc1OC. The molecule has 2 aromatic rings. The van der Waals surface area contributed by atoms with Gasteiger partial charge in [0.25, 0.3) is 5.91 Å². The van der Waals surface area contributed by atoms with Crippen LogP contribution in [-0.2, 0) is 25.5 Å². The van der Waals surface area contributed by atoms with Crippen LogP contribution in [0.3, 0.4) is 0 Å². The Kier molecular flexibility index (Phi) is 8.22. The summed E-state index contributed by atoms with van der Waals surface area (Å²) in [4.78, 5) is 35.8. The van der Waals surface area contributed by atoms with Crippen LogP contribution in [0.2, 0.25) is 0 Å². The molecule has 1 amide bonds. The number of rotatable bonds is 9. The first-order valence-electron chi connectivity index (χ1n) is 9.29. The third-order valence-corrected chi connectivity index (χ3v) is 3.91. The van der Waals surface area contributed by atoms with Crippen molar-refractivity contribution in [1.29, 1.82) is 0 Å². The van der Waals surface area contributed by atoms with Crippen molar-refractivity contribution in [2.45, 2.75) is 26.4 Å². The summed E-state index contributed by atoms with van der Waals surface area (Å²) in [6.07, 6.45) is -0.231. The smallest absolute Gasteiger partial charge is 0.338 e. The average Bonchev–Trinajstić information content (AvgIpc) is 2.72. The van der Waals surface area contributed by atoms with E-state index in [2.05, 4.69) is 5.32 Å². The second-order valence-electron chi connectivity index (χ2n) is 6.61. The Morgan fingerprint density at radius 3 is 2.20 bits per heavy atom. The number of ether oxygens (including phenoxy) is 4. The van der Waals surface area contributed by atoms with Gasteiger partial charge in [0.05, 0.1) is 32.3 Å². The lowest BCUT2D eigenvalue weighted by Crippen LogP contribution is -2.21. The van der Waals surface area contributed by atoms with Crippen molar-refractivity contribution in [3.63, 3.8) is 0 Å². The Morgan fingerprint density at radius 2 is 1.60 bits per heavy atom. The van der Waals surface area contributed by atoms with Crippen molar-refractivity contribution >= 4 is 23.5 Å². The predicted octanol–water partition coefficient (Wildman–Crippen LogP) is 2.99. The highest BCUT2D eigenvalue weighted by atomic mass is 16.5. The molecule has 0 aromatic heterocycles. The molecule has 0 unspecified atom stereocenters. The highest BCUT2D eigenvalue weighted by molar-refractivity contribution is 5.94. The molecule has 0 aliphatic heterocycles. The molecule has 8 nitrogen and oxygen atoms in total. The third-order valence-electron chi connectivity index (χ3n) is 3.91. The van der Waals surface area contributed by atoms with Crippen LogP contribution >= 0.6 is 0 Å². The molecule has 30 heavy (non-hydrogen) atoms. The Labute approximate surface area is 175 Å². The average molecular weight is 415 g/mol. The Hall–Kier alpha value is -3.55. The van der Waals surface area contributed by atoms with Gasteiger partial charge in [-0.05, 0) is 55.8 Å². The molecule has 0 saturated heterocycles. The van der Waals surface area contributed by atoms with Crippen molar-refractivity contribution in [3.8, 4) is 11.5 Å². The van der Waals surface area contributed by atoms with Crippen molar-refractivity contribution in [2.24, 2.45) is 0 Å². The van der Waals surface area contributed by atoms with Gasteiger partial charge in [0.2, 0.25) is 0 Å². The summed E-state index contributed by atoms with van der Waals surface area (Å²) in [5.74, 6) is -0.428. The molecule has 0 spiro atoms. The number of carbonyl (C=O) groups is 3. The Morgan fingerprint density at radius 1 is 0.933 bits per heavy atom. The van der Waals surface area contributed by atoms with Gasteiger partial charge in [-0.15, -0.1) is 0 Å². The van der Waals surface area contributed by atoms with Gasteiger partial charge in [-0.2, -0.15) is 0 Å². The van der Waals surface area contributed by atoms with Crippen LogP contribution in [0, 0.1) is 0 Å². The minimum atomic E-state index is -0.552. The van der Waals surface area contributed by atoms with E-state index in [1.165, 1.54) is 14.2 Å². The summed E-state index contributed by atoms with van der Waals surface area (Å²) >= 11 is 0. The van der Waals surface area contributed by atoms with E-state index in [0.717, 1.165) is 0 Å². The minimum absolute atomic E-state index is 0.0136. The number of anilines is 1. The monoisotopic (exact) mass is 415 g/mol. The summed E-state index contributed by atoms with van der Waals surface area (Å²) in [7, 11) is 3.03. The number of hydrogen-bond donors (Lipinski definition) is 1. The van der Waals surface area contributed by atoms with Crippen LogP contribution in [0.1, 0.15) is 29.8 Å². The van der Waals surface area contributed by atoms with Crippen LogP contribution in [0.15, 0.2) is 42.5 Å². The molecule has 1 N–H and O–H groups in total. The van der Waals surface area contributed by atoms with Crippen molar-refractivity contribution in [1.82, 2.24) is 0 Å². The van der Waals surface area contributed by atoms with Crippen LogP contribution in [-0.4, -0.2) is 44.8 Å². The van der Waals surface area contributed by atoms with E-state index >= 15 is 0 Å². The molecule has 0 fully saturated rings. The van der Waals surface area contributed by atoms with Crippen LogP contribution < -0.4 is 14.8 Å². The second-order valence-corrected chi connectivity index (χ2v) is 6.61. The predicted molar refractivity (Wildman–Crippen MR) is 110 cm³/mol. The topological polar surface area (TPSA) is 100 Å². The van der Waals surface area contributed by atoms with E-state index < -0.39 is 24.5 Å². The summed E-state index contributed by atoms with van der Waals surface area (Å²) in [5.41, 5.74) is 1.52. The van der Waals surface area contributed by atoms with E-state index in [1.54, 1.807) is 56.3 Å². The van der Waals surface area contributed by atoms with Gasteiger partial charge in [0.15, 0.2) is 18.1 Å². The van der Waals surface area contributed by atoms with Gasteiger partial charge in [0.1, 0.15) is 0 Å². The largest absolute Gasteiger partial charge is 0.493 e. The maximum atomic E-state index is 12.0. The number of esters is 2. The second kappa shape index (κ2) is 10.8. The molecule has 8 heteroatoms. The van der Waals surface area contributed by atoms with Crippen molar-refractivity contribution in [3.05, 3.63) is 53.6 Å². The Balaban J connectivity index is 1.83. The lowest BCUT2D eigenvalue weighted by molar-refractivity contribution is -0.146. The van der Waals surface area contributed by atoms with E-state index in [9.17, 15) is 14.4 Å². The van der Waals surface area contributed by atoms with Crippen LogP contribution in [0.25, 0.3) is 0 Å². The zero-order chi connectivity index (χ0) is 22.1. The fraction of sp³-hybridized carbons (Fsp3) is 0.318. The number of nitrogens with one attached hydrogen (secondary N) is 1. The third kappa shape index (κ3) is 6.80. The Bertz CT molecular complexity index is 891. The van der Waals surface area contributed by atoms with E-state index in [4.69, 9.17) is 18.9 Å². The standard InChI is InChI=1S/C22H25NO7/c1-14(2)30-22(26)16-6-8-17(9-7-16)23-20(24)13-29-21(25)12-15-5-10-18(27-3)19(11-15)28-4/h5-11,14H,12-13H2,1-4H3,(H,23,24). The molecule has 0 atom stereocenters. The molecule has 160 valence electrons. The molecule has 2 aromatic carbocycles. The molecule has 0 heterocycles. The highest BCUT2D eigenvalue weighted by Gasteiger charge is 2.12. The summed E-state index contributed by atoms with van der Waals surface area (Å²) < 4.78 is 20.5. The molecular weight excluding hydrogens is 390 g/mol. The number of hydrogen-bond acceptors (Lipinski definition) is 7. The highest BCUT2D eigenvalue weighted by Crippen LogP contribution is 2.27. The maximum Gasteiger partial charge on any atom is 0.338 e. The van der Waals surface area contributed by atoms with E-state index in [-0.39, 0.29) is 12.5 Å². The van der Waals surface area contributed by atoms with Gasteiger partial charge >= 0.3 is 11.9 Å². The van der Waals surface area contributed by atoms with Gasteiger partial charge in [-0.25, -0.2) is 4.79 Å². The van der Waals surface area contributed by atoms with Gasteiger partial charge in [0, 0.05) is 5.69 Å². The zero-order valence-corrected chi connectivity index (χ0v) is 17.4. The number of amides is 1. The first-order chi connectivity index (χ1) is 14.3. The first kappa shape index (κ1) is 22.7. The minimum Gasteiger partial charge on any atom is -0.493 e. The maximum absolute atomic E-state index is 12.0. The number of carbonyl (C=O) groups excluding carboxylic acids is 3. The van der Waals surface area contributed by atoms with E-state index in [1.807, 2.05) is 0 Å². The van der Waals surface area contributed by atoms with Crippen molar-refractivity contribution < 1.29 is 33.3 Å². The summed E-state index contributed by atoms with van der Waals surface area (Å²) in [6.45, 7) is 3.10. The van der Waals surface area contributed by atoms with E-state index in [0.29, 0.717) is 28.3 Å². The molecule has 0 radical (unpaired) electrons. The first-order valence-corrected chi connectivity index (χ1v) is 9.29. The lowest BCUT2D eigenvalue weighted by Gasteiger charge is -2.10. The van der Waals surface area contributed by atoms with Gasteiger partial charge < -0.3 is 24.3 Å².